The molecule has 0 bridgehead atoms. The number of rotatable bonds is 6. The second-order valence-electron chi connectivity index (χ2n) is 9.57. The molecule has 0 unspecified atom stereocenters. The smallest absolute Gasteiger partial charge is 0.279 e. The van der Waals surface area contributed by atoms with Crippen LogP contribution in [0.2, 0.25) is 0 Å². The topological polar surface area (TPSA) is 80.3 Å². The third-order valence-electron chi connectivity index (χ3n) is 7.25. The molecule has 1 fully saturated rings. The SMILES string of the molecule is Nn1c(CCCCN2CCN(c3ccc4ccccc4n3)CC2)nc2cc3ccccc3cc2c1=O. The summed E-state index contributed by atoms with van der Waals surface area (Å²) in [7, 11) is 0. The molecule has 3 heterocycles. The van der Waals surface area contributed by atoms with E-state index in [1.54, 1.807) is 0 Å². The van der Waals surface area contributed by atoms with Crippen molar-refractivity contribution < 1.29 is 0 Å². The summed E-state index contributed by atoms with van der Waals surface area (Å²) in [5.41, 5.74) is 1.58. The van der Waals surface area contributed by atoms with Gasteiger partial charge in [-0.25, -0.2) is 14.6 Å². The number of pyridine rings is 1. The maximum atomic E-state index is 12.9. The van der Waals surface area contributed by atoms with Crippen molar-refractivity contribution in [3.05, 3.63) is 89.0 Å². The van der Waals surface area contributed by atoms with E-state index in [0.717, 1.165) is 67.7 Å². The molecule has 5 aromatic rings. The van der Waals surface area contributed by atoms with Crippen LogP contribution in [-0.4, -0.2) is 52.3 Å². The predicted molar refractivity (Wildman–Crippen MR) is 147 cm³/mol. The van der Waals surface area contributed by atoms with Crippen LogP contribution in [0.15, 0.2) is 77.6 Å². The molecule has 3 aromatic carbocycles. The molecular formula is C29H30N6O. The van der Waals surface area contributed by atoms with Crippen LogP contribution in [-0.2, 0) is 6.42 Å². The van der Waals surface area contributed by atoms with Crippen molar-refractivity contribution in [1.29, 1.82) is 0 Å². The van der Waals surface area contributed by atoms with E-state index in [1.807, 2.05) is 48.5 Å². The number of benzene rings is 3. The van der Waals surface area contributed by atoms with Crippen molar-refractivity contribution in [3.63, 3.8) is 0 Å². The van der Waals surface area contributed by atoms with Crippen molar-refractivity contribution in [2.45, 2.75) is 19.3 Å². The lowest BCUT2D eigenvalue weighted by Crippen LogP contribution is -2.46. The maximum Gasteiger partial charge on any atom is 0.279 e. The van der Waals surface area contributed by atoms with Gasteiger partial charge >= 0.3 is 0 Å². The van der Waals surface area contributed by atoms with Crippen LogP contribution in [0.4, 0.5) is 5.82 Å². The number of fused-ring (bicyclic) bond motifs is 3. The Morgan fingerprint density at radius 2 is 1.47 bits per heavy atom. The molecule has 36 heavy (non-hydrogen) atoms. The van der Waals surface area contributed by atoms with Gasteiger partial charge in [-0.05, 0) is 60.5 Å². The first-order valence-electron chi connectivity index (χ1n) is 12.7. The number of hydrogen-bond acceptors (Lipinski definition) is 6. The van der Waals surface area contributed by atoms with Gasteiger partial charge in [-0.3, -0.25) is 9.69 Å². The predicted octanol–water partition coefficient (Wildman–Crippen LogP) is 3.96. The zero-order chi connectivity index (χ0) is 24.5. The van der Waals surface area contributed by atoms with Gasteiger partial charge in [0.15, 0.2) is 0 Å². The van der Waals surface area contributed by atoms with Gasteiger partial charge in [-0.15, -0.1) is 0 Å². The van der Waals surface area contributed by atoms with E-state index in [4.69, 9.17) is 15.8 Å². The van der Waals surface area contributed by atoms with Crippen molar-refractivity contribution in [1.82, 2.24) is 19.5 Å². The van der Waals surface area contributed by atoms with E-state index >= 15 is 0 Å². The van der Waals surface area contributed by atoms with Crippen molar-refractivity contribution in [2.24, 2.45) is 0 Å². The van der Waals surface area contributed by atoms with E-state index in [0.29, 0.717) is 23.1 Å². The largest absolute Gasteiger partial charge is 0.354 e. The third kappa shape index (κ3) is 4.38. The molecule has 7 nitrogen and oxygen atoms in total. The molecular weight excluding hydrogens is 448 g/mol. The number of nitrogens with two attached hydrogens (primary N) is 1. The lowest BCUT2D eigenvalue weighted by atomic mass is 10.1. The Balaban J connectivity index is 1.04. The normalized spacial score (nSPS) is 14.7. The van der Waals surface area contributed by atoms with Gasteiger partial charge < -0.3 is 10.7 Å². The number of piperazine rings is 1. The van der Waals surface area contributed by atoms with Crippen LogP contribution in [0.25, 0.3) is 32.6 Å². The molecule has 0 aliphatic carbocycles. The summed E-state index contributed by atoms with van der Waals surface area (Å²) in [4.78, 5) is 27.3. The Morgan fingerprint density at radius 1 is 0.750 bits per heavy atom. The first kappa shape index (κ1) is 22.5. The highest BCUT2D eigenvalue weighted by molar-refractivity contribution is 5.96. The molecule has 2 aromatic heterocycles. The van der Waals surface area contributed by atoms with E-state index in [-0.39, 0.29) is 5.56 Å². The Labute approximate surface area is 209 Å². The molecule has 0 amide bonds. The molecule has 1 saturated heterocycles. The van der Waals surface area contributed by atoms with Crippen molar-refractivity contribution >= 4 is 38.4 Å². The van der Waals surface area contributed by atoms with Crippen LogP contribution in [0.1, 0.15) is 18.7 Å². The van der Waals surface area contributed by atoms with Crippen LogP contribution in [0.5, 0.6) is 0 Å². The van der Waals surface area contributed by atoms with E-state index in [9.17, 15) is 4.79 Å². The molecule has 182 valence electrons. The highest BCUT2D eigenvalue weighted by atomic mass is 16.1. The first-order chi connectivity index (χ1) is 17.7. The number of unbranched alkanes of at least 4 members (excludes halogenated alkanes) is 1. The molecule has 2 N–H and O–H groups in total. The van der Waals surface area contributed by atoms with Crippen LogP contribution in [0.3, 0.4) is 0 Å². The molecule has 0 saturated carbocycles. The summed E-state index contributed by atoms with van der Waals surface area (Å²) < 4.78 is 1.23. The van der Waals surface area contributed by atoms with Crippen molar-refractivity contribution in [3.8, 4) is 0 Å². The quantitative estimate of drug-likeness (QED) is 0.226. The molecule has 1 aliphatic rings. The summed E-state index contributed by atoms with van der Waals surface area (Å²) in [5, 5.41) is 3.85. The zero-order valence-electron chi connectivity index (χ0n) is 20.3. The summed E-state index contributed by atoms with van der Waals surface area (Å²) in [5.74, 6) is 7.85. The van der Waals surface area contributed by atoms with Gasteiger partial charge in [0, 0.05) is 38.0 Å². The third-order valence-corrected chi connectivity index (χ3v) is 7.25. The average Bonchev–Trinajstić information content (AvgIpc) is 2.93. The molecule has 0 spiro atoms. The van der Waals surface area contributed by atoms with Gasteiger partial charge in [0.1, 0.15) is 11.6 Å². The lowest BCUT2D eigenvalue weighted by Gasteiger charge is -2.35. The van der Waals surface area contributed by atoms with Crippen LogP contribution >= 0.6 is 0 Å². The Hall–Kier alpha value is -3.97. The molecule has 7 heteroatoms. The second-order valence-corrected chi connectivity index (χ2v) is 9.57. The average molecular weight is 479 g/mol. The molecule has 1 aliphatic heterocycles. The molecule has 0 radical (unpaired) electrons. The minimum atomic E-state index is -0.181. The standard InChI is InChI=1S/C29H30N6O/c30-35-28(32-26-20-23-9-2-1-8-22(23)19-24(26)29(35)36)11-5-6-14-33-15-17-34(18-16-33)27-13-12-21-7-3-4-10-25(21)31-27/h1-4,7-10,12-13,19-20H,5-6,11,14-18,30H2. The fourth-order valence-electron chi connectivity index (χ4n) is 5.16. The number of para-hydroxylation sites is 1. The Kier molecular flexibility index (Phi) is 5.99. The number of aromatic nitrogens is 3. The van der Waals surface area contributed by atoms with Crippen LogP contribution < -0.4 is 16.3 Å². The maximum absolute atomic E-state index is 12.9. The van der Waals surface area contributed by atoms with E-state index < -0.39 is 0 Å². The van der Waals surface area contributed by atoms with Gasteiger partial charge in [0.2, 0.25) is 0 Å². The Morgan fingerprint density at radius 3 is 2.28 bits per heavy atom. The monoisotopic (exact) mass is 478 g/mol. The van der Waals surface area contributed by atoms with Gasteiger partial charge in [-0.1, -0.05) is 42.5 Å². The minimum Gasteiger partial charge on any atom is -0.354 e. The van der Waals surface area contributed by atoms with Gasteiger partial charge in [0.05, 0.1) is 16.4 Å². The zero-order valence-corrected chi connectivity index (χ0v) is 20.3. The number of nitrogen functional groups attached to an aromatic ring is 1. The molecule has 6 rings (SSSR count). The summed E-state index contributed by atoms with van der Waals surface area (Å²) in [6, 6.07) is 24.4. The van der Waals surface area contributed by atoms with Gasteiger partial charge in [-0.2, -0.15) is 0 Å². The van der Waals surface area contributed by atoms with Gasteiger partial charge in [0.25, 0.3) is 5.56 Å². The summed E-state index contributed by atoms with van der Waals surface area (Å²) in [6.07, 6.45) is 2.67. The summed E-state index contributed by atoms with van der Waals surface area (Å²) >= 11 is 0. The highest BCUT2D eigenvalue weighted by Crippen LogP contribution is 2.21. The fraction of sp³-hybridized carbons (Fsp3) is 0.276. The number of anilines is 1. The van der Waals surface area contributed by atoms with Crippen molar-refractivity contribution in [2.75, 3.05) is 43.5 Å². The first-order valence-corrected chi connectivity index (χ1v) is 12.7. The van der Waals surface area contributed by atoms with Crippen LogP contribution in [0, 0.1) is 0 Å². The number of nitrogens with zero attached hydrogens (tertiary/aromatic N) is 5. The molecule has 0 atom stereocenters. The summed E-state index contributed by atoms with van der Waals surface area (Å²) in [6.45, 7) is 5.04. The number of hydrogen-bond donors (Lipinski definition) is 1. The minimum absolute atomic E-state index is 0.181. The number of aryl methyl sites for hydroxylation is 1. The fourth-order valence-corrected chi connectivity index (χ4v) is 5.16. The second kappa shape index (κ2) is 9.59. The Bertz CT molecular complexity index is 1600. The lowest BCUT2D eigenvalue weighted by molar-refractivity contribution is 0.252. The highest BCUT2D eigenvalue weighted by Gasteiger charge is 2.18. The van der Waals surface area contributed by atoms with E-state index in [2.05, 4.69) is 34.1 Å². The van der Waals surface area contributed by atoms with E-state index in [1.165, 1.54) is 10.1 Å².